The second-order valence-corrected chi connectivity index (χ2v) is 8.51. The lowest BCUT2D eigenvalue weighted by molar-refractivity contribution is 0.408. The van der Waals surface area contributed by atoms with Crippen LogP contribution in [0.5, 0.6) is 5.75 Å². The summed E-state index contributed by atoms with van der Waals surface area (Å²) in [4.78, 5) is 0. The van der Waals surface area contributed by atoms with E-state index < -0.39 is 5.41 Å². The van der Waals surface area contributed by atoms with Crippen LogP contribution >= 0.6 is 12.4 Å². The number of nitrogens with two attached hydrogens (primary N) is 1. The lowest BCUT2D eigenvalue weighted by Gasteiger charge is -2.10. The first-order valence-corrected chi connectivity index (χ1v) is 11.5. The Morgan fingerprint density at radius 3 is 2.29 bits per heavy atom. The second kappa shape index (κ2) is 12.1. The Balaban J connectivity index is 0.00000341. The van der Waals surface area contributed by atoms with Gasteiger partial charge < -0.3 is 14.9 Å². The average molecular weight is 449 g/mol. The zero-order valence-corrected chi connectivity index (χ0v) is 19.7. The average Bonchev–Trinajstić information content (AvgIpc) is 3.43. The van der Waals surface area contributed by atoms with Crippen molar-refractivity contribution in [3.8, 4) is 17.2 Å². The fraction of sp³-hybridized carbons (Fsp3) is 0.625. The molecule has 0 saturated heterocycles. The van der Waals surface area contributed by atoms with Crippen LogP contribution in [0.25, 0.3) is 11.5 Å². The van der Waals surface area contributed by atoms with E-state index in [2.05, 4.69) is 23.2 Å². The minimum Gasteiger partial charge on any atom is -0.496 e. The van der Waals surface area contributed by atoms with Gasteiger partial charge in [0.1, 0.15) is 17.0 Å². The van der Waals surface area contributed by atoms with Gasteiger partial charge in [0, 0.05) is 5.56 Å². The van der Waals surface area contributed by atoms with Gasteiger partial charge >= 0.3 is 0 Å². The molecule has 0 bridgehead atoms. The molecule has 1 aromatic carbocycles. The number of amidine groups is 1. The van der Waals surface area contributed by atoms with E-state index >= 15 is 0 Å². The number of nitrogens with zero attached hydrogens (tertiary/aromatic N) is 2. The van der Waals surface area contributed by atoms with Crippen LogP contribution in [0.15, 0.2) is 22.6 Å². The largest absolute Gasteiger partial charge is 0.496 e. The summed E-state index contributed by atoms with van der Waals surface area (Å²) in [5.74, 6) is 1.95. The van der Waals surface area contributed by atoms with Gasteiger partial charge in [-0.15, -0.1) is 22.6 Å². The predicted molar refractivity (Wildman–Crippen MR) is 127 cm³/mol. The summed E-state index contributed by atoms with van der Waals surface area (Å²) in [6.07, 6.45) is 14.4. The molecule has 1 saturated carbocycles. The van der Waals surface area contributed by atoms with Gasteiger partial charge in [0.05, 0.1) is 7.11 Å². The van der Waals surface area contributed by atoms with Crippen molar-refractivity contribution >= 4 is 18.2 Å². The maximum atomic E-state index is 7.80. The predicted octanol–water partition coefficient (Wildman–Crippen LogP) is 6.21. The van der Waals surface area contributed by atoms with Crippen LogP contribution in [0.3, 0.4) is 0 Å². The number of aryl methyl sites for hydroxylation is 1. The number of hydrogen-bond acceptors (Lipinski definition) is 5. The smallest absolute Gasteiger partial charge is 0.247 e. The first-order chi connectivity index (χ1) is 14.6. The molecule has 6 nitrogen and oxygen atoms in total. The van der Waals surface area contributed by atoms with E-state index in [-0.39, 0.29) is 18.2 Å². The first-order valence-electron chi connectivity index (χ1n) is 11.5. The van der Waals surface area contributed by atoms with Crippen LogP contribution in [0.2, 0.25) is 0 Å². The van der Waals surface area contributed by atoms with E-state index in [0.29, 0.717) is 11.8 Å². The Morgan fingerprint density at radius 2 is 1.71 bits per heavy atom. The molecule has 31 heavy (non-hydrogen) atoms. The molecule has 0 unspecified atom stereocenters. The lowest BCUT2D eigenvalue weighted by atomic mass is 10.0. The molecule has 0 aliphatic heterocycles. The van der Waals surface area contributed by atoms with Crippen molar-refractivity contribution in [3.05, 3.63) is 29.7 Å². The molecule has 0 spiro atoms. The molecular formula is C24H37ClN4O2. The number of hydrogen-bond donors (Lipinski definition) is 2. The number of nitrogens with one attached hydrogen (secondary N) is 1. The fourth-order valence-corrected chi connectivity index (χ4v) is 3.99. The van der Waals surface area contributed by atoms with E-state index in [4.69, 9.17) is 20.3 Å². The molecule has 0 atom stereocenters. The van der Waals surface area contributed by atoms with E-state index in [1.807, 2.05) is 12.1 Å². The third kappa shape index (κ3) is 6.45. The van der Waals surface area contributed by atoms with Crippen molar-refractivity contribution in [2.75, 3.05) is 7.11 Å². The van der Waals surface area contributed by atoms with E-state index in [1.165, 1.54) is 56.9 Å². The Hall–Kier alpha value is -2.08. The molecule has 3 rings (SSSR count). The molecular weight excluding hydrogens is 412 g/mol. The maximum absolute atomic E-state index is 7.80. The van der Waals surface area contributed by atoms with Crippen LogP contribution in [-0.4, -0.2) is 23.1 Å². The number of methoxy groups -OCH3 is 1. The van der Waals surface area contributed by atoms with Gasteiger partial charge in [-0.25, -0.2) is 0 Å². The first kappa shape index (κ1) is 25.2. The molecule has 3 N–H and O–H groups in total. The molecule has 0 amide bonds. The van der Waals surface area contributed by atoms with Gasteiger partial charge in [0.2, 0.25) is 11.8 Å². The SMILES string of the molecule is CCCCCCCCCCCc1cc(-c2nnc(C3(C(=N)N)CC3)o2)ccc1OC.Cl. The van der Waals surface area contributed by atoms with Gasteiger partial charge in [0.15, 0.2) is 0 Å². The Kier molecular flexibility index (Phi) is 9.82. The zero-order valence-electron chi connectivity index (χ0n) is 18.9. The summed E-state index contributed by atoms with van der Waals surface area (Å²) in [7, 11) is 1.71. The summed E-state index contributed by atoms with van der Waals surface area (Å²) < 4.78 is 11.5. The van der Waals surface area contributed by atoms with Crippen LogP contribution in [0.4, 0.5) is 0 Å². The van der Waals surface area contributed by atoms with Crippen molar-refractivity contribution < 1.29 is 9.15 Å². The summed E-state index contributed by atoms with van der Waals surface area (Å²) >= 11 is 0. The third-order valence-electron chi connectivity index (χ3n) is 6.18. The van der Waals surface area contributed by atoms with Crippen molar-refractivity contribution in [2.24, 2.45) is 5.73 Å². The van der Waals surface area contributed by atoms with Crippen LogP contribution in [0, 0.1) is 5.41 Å². The van der Waals surface area contributed by atoms with Gasteiger partial charge in [-0.05, 0) is 49.4 Å². The standard InChI is InChI=1S/C24H36N4O2.ClH/c1-3-4-5-6-7-8-9-10-11-12-18-17-19(13-14-20(18)29-2)21-27-28-23(30-21)24(15-16-24)22(25)26;/h13-14,17H,3-12,15-16H2,1-2H3,(H3,25,26);1H. The van der Waals surface area contributed by atoms with Crippen molar-refractivity contribution in [3.63, 3.8) is 0 Å². The molecule has 7 heteroatoms. The van der Waals surface area contributed by atoms with E-state index in [9.17, 15) is 0 Å². The molecule has 2 aromatic rings. The Labute approximate surface area is 192 Å². The fourth-order valence-electron chi connectivity index (χ4n) is 3.99. The van der Waals surface area contributed by atoms with E-state index in [1.54, 1.807) is 7.11 Å². The molecule has 172 valence electrons. The third-order valence-corrected chi connectivity index (χ3v) is 6.18. The molecule has 1 heterocycles. The highest BCUT2D eigenvalue weighted by molar-refractivity contribution is 5.91. The Morgan fingerprint density at radius 1 is 1.06 bits per heavy atom. The van der Waals surface area contributed by atoms with Gasteiger partial charge in [-0.3, -0.25) is 5.41 Å². The van der Waals surface area contributed by atoms with Gasteiger partial charge in [0.25, 0.3) is 0 Å². The highest BCUT2D eigenvalue weighted by Gasteiger charge is 2.52. The number of ether oxygens (including phenoxy) is 1. The monoisotopic (exact) mass is 448 g/mol. The van der Waals surface area contributed by atoms with Gasteiger partial charge in [-0.2, -0.15) is 0 Å². The van der Waals surface area contributed by atoms with Gasteiger partial charge in [-0.1, -0.05) is 58.3 Å². The molecule has 1 aromatic heterocycles. The molecule has 0 radical (unpaired) electrons. The minimum atomic E-state index is -0.531. The molecule has 1 fully saturated rings. The highest BCUT2D eigenvalue weighted by Crippen LogP contribution is 2.47. The number of aromatic nitrogens is 2. The van der Waals surface area contributed by atoms with Crippen molar-refractivity contribution in [1.82, 2.24) is 10.2 Å². The maximum Gasteiger partial charge on any atom is 0.247 e. The number of benzene rings is 1. The normalized spacial score (nSPS) is 14.1. The number of halogens is 1. The topological polar surface area (TPSA) is 98.0 Å². The number of unbranched alkanes of at least 4 members (excludes halogenated alkanes) is 8. The summed E-state index contributed by atoms with van der Waals surface area (Å²) in [6.45, 7) is 2.26. The summed E-state index contributed by atoms with van der Waals surface area (Å²) in [6, 6.07) is 6.01. The van der Waals surface area contributed by atoms with E-state index in [0.717, 1.165) is 37.0 Å². The quantitative estimate of drug-likeness (QED) is 0.203. The Bertz CT molecular complexity index is 833. The highest BCUT2D eigenvalue weighted by atomic mass is 35.5. The van der Waals surface area contributed by atoms with Crippen LogP contribution < -0.4 is 10.5 Å². The summed E-state index contributed by atoms with van der Waals surface area (Å²) in [5.41, 5.74) is 7.26. The minimum absolute atomic E-state index is 0. The van der Waals surface area contributed by atoms with Crippen molar-refractivity contribution in [1.29, 1.82) is 5.41 Å². The van der Waals surface area contributed by atoms with Crippen LogP contribution in [0.1, 0.15) is 89.0 Å². The zero-order chi connectivity index (χ0) is 21.4. The number of rotatable bonds is 14. The molecule has 1 aliphatic carbocycles. The molecule has 1 aliphatic rings. The second-order valence-electron chi connectivity index (χ2n) is 8.51. The van der Waals surface area contributed by atoms with Crippen LogP contribution in [-0.2, 0) is 11.8 Å². The lowest BCUT2D eigenvalue weighted by Crippen LogP contribution is -2.27. The van der Waals surface area contributed by atoms with Crippen molar-refractivity contribution in [2.45, 2.75) is 89.4 Å². The summed E-state index contributed by atoms with van der Waals surface area (Å²) in [5, 5.41) is 16.2.